The van der Waals surface area contributed by atoms with Crippen LogP contribution in [0.25, 0.3) is 0 Å². The molecule has 1 aliphatic rings. The summed E-state index contributed by atoms with van der Waals surface area (Å²) in [7, 11) is 1.31. The van der Waals surface area contributed by atoms with E-state index in [-0.39, 0.29) is 6.04 Å². The summed E-state index contributed by atoms with van der Waals surface area (Å²) in [5.41, 5.74) is 3.29. The zero-order valence-corrected chi connectivity index (χ0v) is 13.6. The predicted octanol–water partition coefficient (Wildman–Crippen LogP) is 1.37. The summed E-state index contributed by atoms with van der Waals surface area (Å²) in [5, 5.41) is 6.47. The van der Waals surface area contributed by atoms with Gasteiger partial charge in [0.1, 0.15) is 0 Å². The minimum absolute atomic E-state index is 0.0758. The van der Waals surface area contributed by atoms with Crippen molar-refractivity contribution in [1.82, 2.24) is 10.7 Å². The van der Waals surface area contributed by atoms with Gasteiger partial charge in [0.2, 0.25) is 0 Å². The van der Waals surface area contributed by atoms with Gasteiger partial charge in [0, 0.05) is 6.04 Å². The van der Waals surface area contributed by atoms with Gasteiger partial charge in [-0.15, -0.1) is 0 Å². The van der Waals surface area contributed by atoms with Crippen molar-refractivity contribution in [2.75, 3.05) is 7.11 Å². The van der Waals surface area contributed by atoms with Crippen LogP contribution >= 0.6 is 0 Å². The Morgan fingerprint density at radius 3 is 2.38 bits per heavy atom. The number of rotatable bonds is 4. The average molecular weight is 331 g/mol. The third kappa shape index (κ3) is 5.19. The second-order valence-electron chi connectivity index (χ2n) is 5.62. The molecule has 128 valence electrons. The van der Waals surface area contributed by atoms with Crippen molar-refractivity contribution < 1.29 is 19.1 Å². The Balaban J connectivity index is 1.80. The molecule has 0 saturated heterocycles. The lowest BCUT2D eigenvalue weighted by atomic mass is 9.95. The summed E-state index contributed by atoms with van der Waals surface area (Å²) in [4.78, 5) is 34.8. The first kappa shape index (κ1) is 17.7. The first-order chi connectivity index (χ1) is 11.6. The molecule has 0 radical (unpaired) electrons. The number of amides is 2. The van der Waals surface area contributed by atoms with Crippen molar-refractivity contribution in [3.05, 3.63) is 35.4 Å². The van der Waals surface area contributed by atoms with E-state index in [1.165, 1.54) is 19.7 Å². The molecule has 7 heteroatoms. The van der Waals surface area contributed by atoms with Gasteiger partial charge in [0.25, 0.3) is 0 Å². The highest BCUT2D eigenvalue weighted by molar-refractivity contribution is 6.35. The van der Waals surface area contributed by atoms with Crippen molar-refractivity contribution in [2.24, 2.45) is 5.10 Å². The summed E-state index contributed by atoms with van der Waals surface area (Å²) in [6.45, 7) is 0. The summed E-state index contributed by atoms with van der Waals surface area (Å²) in [5.74, 6) is -1.88. The van der Waals surface area contributed by atoms with E-state index in [0.717, 1.165) is 25.7 Å². The second-order valence-corrected chi connectivity index (χ2v) is 5.62. The number of ether oxygens (including phenoxy) is 1. The standard InChI is InChI=1S/C17H21N3O4/c1-24-17(23)13-9-7-12(8-10-13)11-18-20-16(22)15(21)19-14-5-3-2-4-6-14/h7-11,14H,2-6H2,1H3,(H,19,21)(H,20,22)/b18-11-. The number of nitrogens with one attached hydrogen (secondary N) is 2. The van der Waals surface area contributed by atoms with Crippen LogP contribution in [-0.4, -0.2) is 37.1 Å². The molecule has 0 atom stereocenters. The summed E-state index contributed by atoms with van der Waals surface area (Å²) < 4.78 is 4.60. The third-order valence-corrected chi connectivity index (χ3v) is 3.86. The van der Waals surface area contributed by atoms with Gasteiger partial charge in [-0.3, -0.25) is 9.59 Å². The number of hydrazone groups is 1. The molecule has 1 saturated carbocycles. The van der Waals surface area contributed by atoms with Gasteiger partial charge in [-0.25, -0.2) is 10.2 Å². The number of esters is 1. The molecule has 1 aromatic rings. The number of carbonyl (C=O) groups is 3. The molecule has 1 aliphatic carbocycles. The topological polar surface area (TPSA) is 96.9 Å². The summed E-state index contributed by atoms with van der Waals surface area (Å²) in [6, 6.07) is 6.57. The molecule has 0 heterocycles. The van der Waals surface area contributed by atoms with E-state index in [2.05, 4.69) is 20.6 Å². The molecule has 2 N–H and O–H groups in total. The number of carbonyl (C=O) groups excluding carboxylic acids is 3. The van der Waals surface area contributed by atoms with Gasteiger partial charge in [-0.1, -0.05) is 31.4 Å². The van der Waals surface area contributed by atoms with E-state index < -0.39 is 17.8 Å². The number of hydrogen-bond acceptors (Lipinski definition) is 5. The van der Waals surface area contributed by atoms with Gasteiger partial charge >= 0.3 is 17.8 Å². The first-order valence-electron chi connectivity index (χ1n) is 7.92. The molecular weight excluding hydrogens is 310 g/mol. The Bertz CT molecular complexity index is 619. The van der Waals surface area contributed by atoms with Crippen molar-refractivity contribution in [2.45, 2.75) is 38.1 Å². The lowest BCUT2D eigenvalue weighted by Gasteiger charge is -2.22. The third-order valence-electron chi connectivity index (χ3n) is 3.86. The second kappa shape index (κ2) is 8.81. The lowest BCUT2D eigenvalue weighted by Crippen LogP contribution is -2.44. The number of methoxy groups -OCH3 is 1. The Morgan fingerprint density at radius 2 is 1.75 bits per heavy atom. The molecule has 0 spiro atoms. The largest absolute Gasteiger partial charge is 0.465 e. The van der Waals surface area contributed by atoms with E-state index >= 15 is 0 Å². The van der Waals surface area contributed by atoms with Crippen LogP contribution in [0.4, 0.5) is 0 Å². The quantitative estimate of drug-likeness (QED) is 0.377. The fourth-order valence-corrected chi connectivity index (χ4v) is 2.54. The maximum absolute atomic E-state index is 11.8. The van der Waals surface area contributed by atoms with Gasteiger partial charge in [0.15, 0.2) is 0 Å². The van der Waals surface area contributed by atoms with Crippen LogP contribution in [0.15, 0.2) is 29.4 Å². The molecule has 7 nitrogen and oxygen atoms in total. The number of nitrogens with zero attached hydrogens (tertiary/aromatic N) is 1. The average Bonchev–Trinajstić information content (AvgIpc) is 2.62. The molecule has 0 unspecified atom stereocenters. The van der Waals surface area contributed by atoms with Crippen LogP contribution in [-0.2, 0) is 14.3 Å². The smallest absolute Gasteiger partial charge is 0.337 e. The van der Waals surface area contributed by atoms with Crippen LogP contribution in [0.5, 0.6) is 0 Å². The van der Waals surface area contributed by atoms with Crippen LogP contribution in [0.3, 0.4) is 0 Å². The minimum atomic E-state index is -0.789. The van der Waals surface area contributed by atoms with E-state index in [1.807, 2.05) is 0 Å². The Kier molecular flexibility index (Phi) is 6.48. The van der Waals surface area contributed by atoms with Crippen LogP contribution in [0.1, 0.15) is 48.0 Å². The normalized spacial score (nSPS) is 15.0. The number of benzene rings is 1. The number of hydrogen-bond donors (Lipinski definition) is 2. The Labute approximate surface area is 140 Å². The molecule has 0 aliphatic heterocycles. The fraction of sp³-hybridized carbons (Fsp3) is 0.412. The zero-order chi connectivity index (χ0) is 17.4. The van der Waals surface area contributed by atoms with Crippen LogP contribution in [0.2, 0.25) is 0 Å². The fourth-order valence-electron chi connectivity index (χ4n) is 2.54. The van der Waals surface area contributed by atoms with E-state index in [4.69, 9.17) is 0 Å². The molecule has 1 fully saturated rings. The molecule has 0 bridgehead atoms. The van der Waals surface area contributed by atoms with E-state index in [0.29, 0.717) is 11.1 Å². The van der Waals surface area contributed by atoms with Crippen molar-refractivity contribution in [3.8, 4) is 0 Å². The summed E-state index contributed by atoms with van der Waals surface area (Å²) >= 11 is 0. The zero-order valence-electron chi connectivity index (χ0n) is 13.6. The van der Waals surface area contributed by atoms with Crippen LogP contribution in [0, 0.1) is 0 Å². The summed E-state index contributed by atoms with van der Waals surface area (Å²) in [6.07, 6.45) is 6.55. The van der Waals surface area contributed by atoms with Crippen molar-refractivity contribution >= 4 is 24.0 Å². The van der Waals surface area contributed by atoms with Gasteiger partial charge in [0.05, 0.1) is 18.9 Å². The SMILES string of the molecule is COC(=O)c1ccc(/C=N\NC(=O)C(=O)NC2CCCCC2)cc1. The van der Waals surface area contributed by atoms with Crippen molar-refractivity contribution in [1.29, 1.82) is 0 Å². The highest BCUT2D eigenvalue weighted by Gasteiger charge is 2.19. The lowest BCUT2D eigenvalue weighted by molar-refractivity contribution is -0.139. The molecule has 0 aromatic heterocycles. The van der Waals surface area contributed by atoms with Crippen molar-refractivity contribution in [3.63, 3.8) is 0 Å². The molecule has 2 rings (SSSR count). The first-order valence-corrected chi connectivity index (χ1v) is 7.92. The Morgan fingerprint density at radius 1 is 1.08 bits per heavy atom. The monoisotopic (exact) mass is 331 g/mol. The predicted molar refractivity (Wildman–Crippen MR) is 88.5 cm³/mol. The maximum Gasteiger partial charge on any atom is 0.337 e. The molecule has 1 aromatic carbocycles. The van der Waals surface area contributed by atoms with Gasteiger partial charge < -0.3 is 10.1 Å². The van der Waals surface area contributed by atoms with Crippen LogP contribution < -0.4 is 10.7 Å². The molecular formula is C17H21N3O4. The highest BCUT2D eigenvalue weighted by atomic mass is 16.5. The maximum atomic E-state index is 11.8. The molecule has 24 heavy (non-hydrogen) atoms. The molecule has 2 amide bonds. The van der Waals surface area contributed by atoms with Gasteiger partial charge in [-0.05, 0) is 30.5 Å². The Hall–Kier alpha value is -2.70. The van der Waals surface area contributed by atoms with E-state index in [1.54, 1.807) is 24.3 Å². The highest BCUT2D eigenvalue weighted by Crippen LogP contribution is 2.17. The van der Waals surface area contributed by atoms with Gasteiger partial charge in [-0.2, -0.15) is 5.10 Å². The minimum Gasteiger partial charge on any atom is -0.465 e. The van der Waals surface area contributed by atoms with E-state index in [9.17, 15) is 14.4 Å².